The third kappa shape index (κ3) is 4.80. The van der Waals surface area contributed by atoms with Gasteiger partial charge in [-0.3, -0.25) is 19.1 Å². The Bertz CT molecular complexity index is 1790. The number of aliphatic hydroxyl groups is 1. The SMILES string of the molecule is Cc1cnc(-c2cccc(C(=O)N3CC[C@H](O)C3)c2F)c(F)c1-n1c(C)cc([C@H]2C[C@@H]2c2ccc(F)cc2)c(Cl)c1=O. The predicted molar refractivity (Wildman–Crippen MR) is 153 cm³/mol. The molecule has 1 aliphatic heterocycles. The molecule has 216 valence electrons. The first-order valence-corrected chi connectivity index (χ1v) is 14.0. The van der Waals surface area contributed by atoms with E-state index in [-0.39, 0.29) is 58.3 Å². The minimum absolute atomic E-state index is 0.0333. The third-order valence-electron chi connectivity index (χ3n) is 8.18. The molecular formula is C32H27ClF3N3O3. The normalized spacial score (nSPS) is 19.8. The van der Waals surface area contributed by atoms with Gasteiger partial charge in [0.15, 0.2) is 5.82 Å². The molecule has 10 heteroatoms. The van der Waals surface area contributed by atoms with E-state index in [1.165, 1.54) is 41.4 Å². The van der Waals surface area contributed by atoms with E-state index in [9.17, 15) is 19.1 Å². The second kappa shape index (κ2) is 10.7. The van der Waals surface area contributed by atoms with Crippen LogP contribution in [0.5, 0.6) is 0 Å². The average molecular weight is 594 g/mol. The molecule has 1 amide bonds. The minimum Gasteiger partial charge on any atom is -0.391 e. The highest BCUT2D eigenvalue weighted by molar-refractivity contribution is 6.31. The van der Waals surface area contributed by atoms with Gasteiger partial charge in [0.25, 0.3) is 11.5 Å². The van der Waals surface area contributed by atoms with Gasteiger partial charge in [0, 0.05) is 30.5 Å². The summed E-state index contributed by atoms with van der Waals surface area (Å²) in [5.74, 6) is -2.75. The van der Waals surface area contributed by atoms with Crippen LogP contribution >= 0.6 is 11.6 Å². The number of halogens is 4. The lowest BCUT2D eigenvalue weighted by Gasteiger charge is -2.19. The van der Waals surface area contributed by atoms with Crippen LogP contribution in [-0.2, 0) is 0 Å². The van der Waals surface area contributed by atoms with Gasteiger partial charge in [-0.2, -0.15) is 0 Å². The number of rotatable bonds is 5. The number of pyridine rings is 2. The van der Waals surface area contributed by atoms with Gasteiger partial charge >= 0.3 is 0 Å². The van der Waals surface area contributed by atoms with Gasteiger partial charge in [-0.15, -0.1) is 0 Å². The summed E-state index contributed by atoms with van der Waals surface area (Å²) in [7, 11) is 0. The van der Waals surface area contributed by atoms with Gasteiger partial charge in [0.05, 0.1) is 17.4 Å². The number of aryl methyl sites for hydroxylation is 2. The number of likely N-dealkylation sites (tertiary alicyclic amines) is 1. The largest absolute Gasteiger partial charge is 0.391 e. The zero-order valence-corrected chi connectivity index (χ0v) is 23.6. The van der Waals surface area contributed by atoms with E-state index in [4.69, 9.17) is 11.6 Å². The van der Waals surface area contributed by atoms with Crippen LogP contribution in [0, 0.1) is 31.3 Å². The van der Waals surface area contributed by atoms with Crippen LogP contribution in [0.15, 0.2) is 59.5 Å². The molecule has 6 nitrogen and oxygen atoms in total. The number of amides is 1. The molecule has 1 saturated heterocycles. The molecule has 2 aliphatic rings. The van der Waals surface area contributed by atoms with Crippen LogP contribution in [0.1, 0.15) is 57.4 Å². The molecule has 6 rings (SSSR count). The molecular weight excluding hydrogens is 567 g/mol. The van der Waals surface area contributed by atoms with Gasteiger partial charge in [0.1, 0.15) is 22.4 Å². The summed E-state index contributed by atoms with van der Waals surface area (Å²) in [5, 5.41) is 9.75. The van der Waals surface area contributed by atoms with Crippen molar-refractivity contribution in [3.8, 4) is 16.9 Å². The first-order valence-electron chi connectivity index (χ1n) is 13.7. The zero-order chi connectivity index (χ0) is 29.9. The highest BCUT2D eigenvalue weighted by Crippen LogP contribution is 2.55. The molecule has 0 radical (unpaired) electrons. The van der Waals surface area contributed by atoms with Crippen molar-refractivity contribution in [3.63, 3.8) is 0 Å². The number of aliphatic hydroxyl groups excluding tert-OH is 1. The van der Waals surface area contributed by atoms with Gasteiger partial charge < -0.3 is 10.0 Å². The Morgan fingerprint density at radius 2 is 1.79 bits per heavy atom. The fraction of sp³-hybridized carbons (Fsp3) is 0.281. The summed E-state index contributed by atoms with van der Waals surface area (Å²) < 4.78 is 46.5. The number of aromatic nitrogens is 2. The molecule has 1 aliphatic carbocycles. The highest BCUT2D eigenvalue weighted by atomic mass is 35.5. The lowest BCUT2D eigenvalue weighted by Crippen LogP contribution is -2.30. The predicted octanol–water partition coefficient (Wildman–Crippen LogP) is 6.06. The molecule has 2 aromatic heterocycles. The molecule has 2 fully saturated rings. The summed E-state index contributed by atoms with van der Waals surface area (Å²) in [5.41, 5.74) is 0.783. The minimum atomic E-state index is -0.942. The number of carbonyl (C=O) groups is 1. The molecule has 0 unspecified atom stereocenters. The van der Waals surface area contributed by atoms with E-state index in [0.717, 1.165) is 16.6 Å². The molecule has 1 N–H and O–H groups in total. The maximum absolute atomic E-state index is 16.3. The first kappa shape index (κ1) is 28.2. The average Bonchev–Trinajstić information content (AvgIpc) is 3.64. The van der Waals surface area contributed by atoms with Crippen molar-refractivity contribution < 1.29 is 23.1 Å². The lowest BCUT2D eigenvalue weighted by atomic mass is 10.0. The summed E-state index contributed by atoms with van der Waals surface area (Å²) in [6, 6.07) is 12.1. The fourth-order valence-corrected chi connectivity index (χ4v) is 6.18. The van der Waals surface area contributed by atoms with Gasteiger partial charge in [-0.25, -0.2) is 13.2 Å². The first-order chi connectivity index (χ1) is 20.1. The number of β-amino-alcohol motifs (C(OH)–C–C–N with tert-alkyl or cyclic N) is 1. The van der Waals surface area contributed by atoms with Crippen molar-refractivity contribution in [2.45, 2.75) is 44.6 Å². The van der Waals surface area contributed by atoms with Crippen LogP contribution in [0.25, 0.3) is 16.9 Å². The van der Waals surface area contributed by atoms with Crippen LogP contribution in [0.3, 0.4) is 0 Å². The van der Waals surface area contributed by atoms with E-state index in [1.807, 2.05) is 0 Å². The molecule has 2 aromatic carbocycles. The number of nitrogens with zero attached hydrogens (tertiary/aromatic N) is 3. The number of benzene rings is 2. The van der Waals surface area contributed by atoms with E-state index in [0.29, 0.717) is 23.2 Å². The van der Waals surface area contributed by atoms with Crippen molar-refractivity contribution in [1.82, 2.24) is 14.5 Å². The van der Waals surface area contributed by atoms with Gasteiger partial charge in [0.2, 0.25) is 0 Å². The third-order valence-corrected chi connectivity index (χ3v) is 8.56. The maximum Gasteiger partial charge on any atom is 0.274 e. The zero-order valence-electron chi connectivity index (χ0n) is 22.9. The fourth-order valence-electron chi connectivity index (χ4n) is 5.90. The van der Waals surface area contributed by atoms with Crippen molar-refractivity contribution in [3.05, 3.63) is 116 Å². The van der Waals surface area contributed by atoms with Gasteiger partial charge in [-0.1, -0.05) is 29.8 Å². The molecule has 4 aromatic rings. The van der Waals surface area contributed by atoms with Crippen LogP contribution in [0.4, 0.5) is 13.2 Å². The van der Waals surface area contributed by atoms with E-state index < -0.39 is 29.2 Å². The van der Waals surface area contributed by atoms with E-state index in [1.54, 1.807) is 32.0 Å². The molecule has 0 spiro atoms. The second-order valence-electron chi connectivity index (χ2n) is 11.0. The summed E-state index contributed by atoms with van der Waals surface area (Å²) >= 11 is 6.60. The van der Waals surface area contributed by atoms with Crippen LogP contribution in [-0.4, -0.2) is 44.7 Å². The molecule has 42 heavy (non-hydrogen) atoms. The molecule has 1 saturated carbocycles. The van der Waals surface area contributed by atoms with Gasteiger partial charge in [-0.05, 0) is 85.5 Å². The van der Waals surface area contributed by atoms with Crippen LogP contribution in [0.2, 0.25) is 5.02 Å². The van der Waals surface area contributed by atoms with Crippen molar-refractivity contribution in [1.29, 1.82) is 0 Å². The van der Waals surface area contributed by atoms with Crippen molar-refractivity contribution in [2.75, 3.05) is 13.1 Å². The molecule has 3 heterocycles. The Morgan fingerprint density at radius 3 is 2.48 bits per heavy atom. The Kier molecular flexibility index (Phi) is 7.19. The lowest BCUT2D eigenvalue weighted by molar-refractivity contribution is 0.0760. The van der Waals surface area contributed by atoms with Crippen molar-refractivity contribution >= 4 is 17.5 Å². The molecule has 3 atom stereocenters. The van der Waals surface area contributed by atoms with Crippen LogP contribution < -0.4 is 5.56 Å². The summed E-state index contributed by atoms with van der Waals surface area (Å²) in [6.07, 6.45) is 1.81. The highest BCUT2D eigenvalue weighted by Gasteiger charge is 2.41. The smallest absolute Gasteiger partial charge is 0.274 e. The number of carbonyl (C=O) groups excluding carboxylic acids is 1. The van der Waals surface area contributed by atoms with Crippen molar-refractivity contribution in [2.24, 2.45) is 0 Å². The Labute approximate surface area is 245 Å². The Balaban J connectivity index is 1.39. The van der Waals surface area contributed by atoms with E-state index >= 15 is 8.78 Å². The second-order valence-corrected chi connectivity index (χ2v) is 11.4. The maximum atomic E-state index is 16.3. The topological polar surface area (TPSA) is 75.4 Å². The number of hydrogen-bond acceptors (Lipinski definition) is 4. The Morgan fingerprint density at radius 1 is 1.05 bits per heavy atom. The quantitative estimate of drug-likeness (QED) is 0.305. The number of hydrogen-bond donors (Lipinski definition) is 1. The summed E-state index contributed by atoms with van der Waals surface area (Å²) in [6.45, 7) is 3.63. The Hall–Kier alpha value is -3.95. The summed E-state index contributed by atoms with van der Waals surface area (Å²) in [4.78, 5) is 32.1. The monoisotopic (exact) mass is 593 g/mol. The molecule has 0 bridgehead atoms. The standard InChI is InChI=1S/C32H27ClF3N3O3/c1-16-14-37-29(21-4-3-5-22(27(21)35)31(41)38-11-10-20(40)15-38)28(36)30(16)39-17(2)12-25(26(33)32(39)42)24-13-23(24)18-6-8-19(34)9-7-18/h3-9,12,14,20,23-24,40H,10-11,13,15H2,1-2H3/t20-,23+,24-/m0/s1. The van der Waals surface area contributed by atoms with E-state index in [2.05, 4.69) is 4.98 Å².